The minimum atomic E-state index is 0.735. The second-order valence-electron chi connectivity index (χ2n) is 4.97. The summed E-state index contributed by atoms with van der Waals surface area (Å²) in [6, 6.07) is 6.04. The summed E-state index contributed by atoms with van der Waals surface area (Å²) in [6.45, 7) is 5.46. The van der Waals surface area contributed by atoms with E-state index in [1.54, 1.807) is 7.11 Å². The Balaban J connectivity index is 2.33. The first kappa shape index (κ1) is 13.1. The summed E-state index contributed by atoms with van der Waals surface area (Å²) >= 11 is 5.39. The van der Waals surface area contributed by atoms with Gasteiger partial charge in [-0.05, 0) is 43.1 Å². The molecule has 98 valence electrons. The van der Waals surface area contributed by atoms with Crippen molar-refractivity contribution in [1.29, 1.82) is 0 Å². The SMILES string of the molecule is COc1cccc2c1[nH]c(=S)n2CCCC(C)C. The van der Waals surface area contributed by atoms with Gasteiger partial charge in [0.15, 0.2) is 4.77 Å². The maximum atomic E-state index is 5.39. The molecule has 2 aromatic rings. The van der Waals surface area contributed by atoms with Crippen molar-refractivity contribution in [2.45, 2.75) is 33.2 Å². The highest BCUT2D eigenvalue weighted by Crippen LogP contribution is 2.24. The van der Waals surface area contributed by atoms with Crippen LogP contribution in [0, 0.1) is 10.7 Å². The van der Waals surface area contributed by atoms with Crippen molar-refractivity contribution in [2.24, 2.45) is 5.92 Å². The molecule has 0 saturated carbocycles. The number of para-hydroxylation sites is 1. The van der Waals surface area contributed by atoms with Crippen LogP contribution in [0.3, 0.4) is 0 Å². The number of nitrogens with one attached hydrogen (secondary N) is 1. The van der Waals surface area contributed by atoms with Gasteiger partial charge >= 0.3 is 0 Å². The molecule has 0 saturated heterocycles. The number of hydrogen-bond acceptors (Lipinski definition) is 2. The minimum Gasteiger partial charge on any atom is -0.494 e. The lowest BCUT2D eigenvalue weighted by Crippen LogP contribution is -1.99. The molecule has 4 heteroatoms. The van der Waals surface area contributed by atoms with Crippen LogP contribution in [-0.4, -0.2) is 16.7 Å². The zero-order valence-electron chi connectivity index (χ0n) is 11.2. The lowest BCUT2D eigenvalue weighted by atomic mass is 10.1. The van der Waals surface area contributed by atoms with Crippen LogP contribution >= 0.6 is 12.2 Å². The number of methoxy groups -OCH3 is 1. The van der Waals surface area contributed by atoms with Crippen LogP contribution in [0.15, 0.2) is 18.2 Å². The second-order valence-corrected chi connectivity index (χ2v) is 5.36. The number of aryl methyl sites for hydroxylation is 1. The zero-order chi connectivity index (χ0) is 13.1. The Labute approximate surface area is 113 Å². The fourth-order valence-electron chi connectivity index (χ4n) is 2.20. The highest BCUT2D eigenvalue weighted by Gasteiger charge is 2.08. The average Bonchev–Trinajstić information content (AvgIpc) is 2.65. The maximum absolute atomic E-state index is 5.39. The number of imidazole rings is 1. The van der Waals surface area contributed by atoms with Crippen molar-refractivity contribution in [3.63, 3.8) is 0 Å². The van der Waals surface area contributed by atoms with Crippen LogP contribution in [0.25, 0.3) is 11.0 Å². The van der Waals surface area contributed by atoms with E-state index in [1.165, 1.54) is 6.42 Å². The van der Waals surface area contributed by atoms with Gasteiger partial charge < -0.3 is 14.3 Å². The quantitative estimate of drug-likeness (QED) is 0.822. The molecule has 0 radical (unpaired) electrons. The number of ether oxygens (including phenoxy) is 1. The molecule has 1 aromatic heterocycles. The van der Waals surface area contributed by atoms with E-state index in [1.807, 2.05) is 12.1 Å². The smallest absolute Gasteiger partial charge is 0.178 e. The molecule has 1 aromatic carbocycles. The number of nitrogens with zero attached hydrogens (tertiary/aromatic N) is 1. The summed E-state index contributed by atoms with van der Waals surface area (Å²) in [5.74, 6) is 1.58. The fourth-order valence-corrected chi connectivity index (χ4v) is 2.50. The molecule has 0 fully saturated rings. The summed E-state index contributed by atoms with van der Waals surface area (Å²) in [5, 5.41) is 0. The summed E-state index contributed by atoms with van der Waals surface area (Å²) in [4.78, 5) is 3.24. The molecule has 18 heavy (non-hydrogen) atoms. The van der Waals surface area contributed by atoms with E-state index in [2.05, 4.69) is 29.5 Å². The van der Waals surface area contributed by atoms with Gasteiger partial charge in [-0.3, -0.25) is 0 Å². The molecule has 0 aliphatic rings. The second kappa shape index (κ2) is 5.57. The first-order valence-corrected chi connectivity index (χ1v) is 6.80. The molecule has 0 aliphatic heterocycles. The summed E-state index contributed by atoms with van der Waals surface area (Å²) in [6.07, 6.45) is 2.37. The van der Waals surface area contributed by atoms with E-state index in [4.69, 9.17) is 17.0 Å². The maximum Gasteiger partial charge on any atom is 0.178 e. The molecular weight excluding hydrogens is 244 g/mol. The van der Waals surface area contributed by atoms with Gasteiger partial charge in [0.05, 0.1) is 12.6 Å². The summed E-state index contributed by atoms with van der Waals surface area (Å²) in [7, 11) is 1.68. The number of H-pyrrole nitrogens is 1. The predicted molar refractivity (Wildman–Crippen MR) is 77.7 cm³/mol. The van der Waals surface area contributed by atoms with Crippen LogP contribution in [-0.2, 0) is 6.54 Å². The van der Waals surface area contributed by atoms with E-state index in [-0.39, 0.29) is 0 Å². The van der Waals surface area contributed by atoms with Crippen LogP contribution in [0.2, 0.25) is 0 Å². The van der Waals surface area contributed by atoms with Crippen molar-refractivity contribution in [1.82, 2.24) is 9.55 Å². The van der Waals surface area contributed by atoms with E-state index >= 15 is 0 Å². The Bertz CT molecular complexity index is 583. The number of fused-ring (bicyclic) bond motifs is 1. The van der Waals surface area contributed by atoms with E-state index in [9.17, 15) is 0 Å². The van der Waals surface area contributed by atoms with Crippen LogP contribution in [0.5, 0.6) is 5.75 Å². The molecule has 0 amide bonds. The summed E-state index contributed by atoms with van der Waals surface area (Å²) in [5.41, 5.74) is 2.12. The number of rotatable bonds is 5. The van der Waals surface area contributed by atoms with Gasteiger partial charge in [0, 0.05) is 6.54 Å². The topological polar surface area (TPSA) is 29.9 Å². The third kappa shape index (κ3) is 2.58. The zero-order valence-corrected chi connectivity index (χ0v) is 12.0. The summed E-state index contributed by atoms with van der Waals surface area (Å²) < 4.78 is 8.29. The monoisotopic (exact) mass is 264 g/mol. The minimum absolute atomic E-state index is 0.735. The number of aromatic nitrogens is 2. The van der Waals surface area contributed by atoms with Gasteiger partial charge in [-0.2, -0.15) is 0 Å². The number of hydrogen-bond donors (Lipinski definition) is 1. The molecule has 1 N–H and O–H groups in total. The normalized spacial score (nSPS) is 11.3. The first-order chi connectivity index (χ1) is 8.63. The van der Waals surface area contributed by atoms with Crippen LogP contribution in [0.4, 0.5) is 0 Å². The van der Waals surface area contributed by atoms with Gasteiger partial charge in [0.1, 0.15) is 11.3 Å². The van der Waals surface area contributed by atoms with Crippen molar-refractivity contribution < 1.29 is 4.74 Å². The van der Waals surface area contributed by atoms with E-state index < -0.39 is 0 Å². The van der Waals surface area contributed by atoms with Gasteiger partial charge in [0.2, 0.25) is 0 Å². The largest absolute Gasteiger partial charge is 0.494 e. The molecule has 2 rings (SSSR count). The van der Waals surface area contributed by atoms with Crippen LogP contribution < -0.4 is 4.74 Å². The van der Waals surface area contributed by atoms with Gasteiger partial charge in [0.25, 0.3) is 0 Å². The Morgan fingerprint density at radius 3 is 2.83 bits per heavy atom. The van der Waals surface area contributed by atoms with Crippen molar-refractivity contribution in [2.75, 3.05) is 7.11 Å². The molecule has 3 nitrogen and oxygen atoms in total. The highest BCUT2D eigenvalue weighted by molar-refractivity contribution is 7.71. The number of benzene rings is 1. The van der Waals surface area contributed by atoms with Gasteiger partial charge in [-0.25, -0.2) is 0 Å². The van der Waals surface area contributed by atoms with Crippen molar-refractivity contribution in [3.05, 3.63) is 23.0 Å². The lowest BCUT2D eigenvalue weighted by molar-refractivity contribution is 0.419. The molecular formula is C14H20N2OS. The molecule has 1 heterocycles. The third-order valence-electron chi connectivity index (χ3n) is 3.16. The Morgan fingerprint density at radius 2 is 2.17 bits per heavy atom. The van der Waals surface area contributed by atoms with E-state index in [0.717, 1.165) is 40.4 Å². The molecule has 0 unspecified atom stereocenters. The standard InChI is InChI=1S/C14H20N2OS/c1-10(2)6-5-9-16-11-7-4-8-12(17-3)13(11)15-14(16)18/h4,7-8,10H,5-6,9H2,1-3H3,(H,15,18). The number of aromatic amines is 1. The molecule has 0 spiro atoms. The lowest BCUT2D eigenvalue weighted by Gasteiger charge is -2.07. The predicted octanol–water partition coefficient (Wildman–Crippen LogP) is 4.14. The molecule has 0 atom stereocenters. The van der Waals surface area contributed by atoms with E-state index in [0.29, 0.717) is 0 Å². The first-order valence-electron chi connectivity index (χ1n) is 6.39. The highest BCUT2D eigenvalue weighted by atomic mass is 32.1. The fraction of sp³-hybridized carbons (Fsp3) is 0.500. The van der Waals surface area contributed by atoms with Gasteiger partial charge in [-0.15, -0.1) is 0 Å². The van der Waals surface area contributed by atoms with Crippen molar-refractivity contribution >= 4 is 23.3 Å². The van der Waals surface area contributed by atoms with Crippen LogP contribution in [0.1, 0.15) is 26.7 Å². The third-order valence-corrected chi connectivity index (χ3v) is 3.48. The van der Waals surface area contributed by atoms with Gasteiger partial charge in [-0.1, -0.05) is 19.9 Å². The molecule has 0 bridgehead atoms. The Hall–Kier alpha value is -1.29. The van der Waals surface area contributed by atoms with Crippen molar-refractivity contribution in [3.8, 4) is 5.75 Å². The Kier molecular flexibility index (Phi) is 4.07. The average molecular weight is 264 g/mol. The Morgan fingerprint density at radius 1 is 1.39 bits per heavy atom. The molecule has 0 aliphatic carbocycles.